The third-order valence-corrected chi connectivity index (χ3v) is 6.81. The molecule has 2 bridgehead atoms. The van der Waals surface area contributed by atoms with E-state index in [1.807, 2.05) is 71.8 Å². The molecule has 2 unspecified atom stereocenters. The van der Waals surface area contributed by atoms with Gasteiger partial charge in [0.25, 0.3) is 5.91 Å². The maximum atomic E-state index is 13.5. The van der Waals surface area contributed by atoms with Gasteiger partial charge in [-0.1, -0.05) is 36.4 Å². The van der Waals surface area contributed by atoms with Crippen LogP contribution >= 0.6 is 23.6 Å². The minimum Gasteiger partial charge on any atom is -0.467 e. The molecule has 1 amide bonds. The summed E-state index contributed by atoms with van der Waals surface area (Å²) >= 11 is 7.37. The van der Waals surface area contributed by atoms with Gasteiger partial charge in [-0.15, -0.1) is 11.3 Å². The lowest BCUT2D eigenvalue weighted by Crippen LogP contribution is -2.67. The Morgan fingerprint density at radius 3 is 2.76 bits per heavy atom. The van der Waals surface area contributed by atoms with Crippen LogP contribution in [0.15, 0.2) is 66.0 Å². The van der Waals surface area contributed by atoms with Crippen molar-refractivity contribution < 1.29 is 9.53 Å². The van der Waals surface area contributed by atoms with Gasteiger partial charge in [-0.25, -0.2) is 0 Å². The van der Waals surface area contributed by atoms with Crippen molar-refractivity contribution >= 4 is 40.3 Å². The zero-order chi connectivity index (χ0) is 20.2. The molecule has 0 radical (unpaired) electrons. The van der Waals surface area contributed by atoms with Crippen LogP contribution in [0.1, 0.15) is 40.2 Å². The number of aryl methyl sites for hydroxylation is 1. The molecule has 3 heterocycles. The molecule has 3 aromatic rings. The molecule has 0 aliphatic carbocycles. The molecule has 2 aromatic carbocycles. The van der Waals surface area contributed by atoms with Gasteiger partial charge in [-0.2, -0.15) is 0 Å². The van der Waals surface area contributed by atoms with Gasteiger partial charge in [-0.3, -0.25) is 14.6 Å². The summed E-state index contributed by atoms with van der Waals surface area (Å²) in [5.41, 5.74) is 2.39. The second kappa shape index (κ2) is 6.68. The zero-order valence-electron chi connectivity index (χ0n) is 16.2. The first-order valence-electron chi connectivity index (χ1n) is 9.54. The van der Waals surface area contributed by atoms with E-state index in [0.29, 0.717) is 16.4 Å². The van der Waals surface area contributed by atoms with Gasteiger partial charge >= 0.3 is 0 Å². The molecule has 1 saturated heterocycles. The zero-order valence-corrected chi connectivity index (χ0v) is 17.8. The highest BCUT2D eigenvalue weighted by Gasteiger charge is 2.53. The van der Waals surface area contributed by atoms with Gasteiger partial charge < -0.3 is 4.74 Å². The van der Waals surface area contributed by atoms with Crippen molar-refractivity contribution in [3.63, 3.8) is 0 Å². The van der Waals surface area contributed by atoms with Gasteiger partial charge in [-0.05, 0) is 61.3 Å². The number of carbonyl (C=O) groups excluding carboxylic acids is 1. The number of anilines is 1. The number of thiophene rings is 1. The molecular weight excluding hydrogens is 400 g/mol. The Hall–Kier alpha value is -2.70. The quantitative estimate of drug-likeness (QED) is 0.509. The third-order valence-electron chi connectivity index (χ3n) is 5.57. The fraction of sp³-hybridized carbons (Fsp3) is 0.217. The Balaban J connectivity index is 1.69. The Morgan fingerprint density at radius 2 is 2.00 bits per heavy atom. The first-order valence-corrected chi connectivity index (χ1v) is 10.8. The molecule has 1 fully saturated rings. The number of carbonyl (C=O) groups is 1. The van der Waals surface area contributed by atoms with E-state index in [2.05, 4.69) is 13.0 Å². The third kappa shape index (κ3) is 2.86. The maximum absolute atomic E-state index is 13.5. The first kappa shape index (κ1) is 18.3. The average Bonchev–Trinajstić information content (AvgIpc) is 3.22. The molecular formula is C23H20N2O2S2. The van der Waals surface area contributed by atoms with E-state index in [0.717, 1.165) is 22.6 Å². The van der Waals surface area contributed by atoms with Crippen molar-refractivity contribution in [2.24, 2.45) is 0 Å². The van der Waals surface area contributed by atoms with Crippen molar-refractivity contribution in [1.29, 1.82) is 0 Å². The lowest BCUT2D eigenvalue weighted by molar-refractivity contribution is 0.0185. The molecule has 0 N–H and O–H groups in total. The van der Waals surface area contributed by atoms with Crippen LogP contribution < -0.4 is 9.64 Å². The van der Waals surface area contributed by atoms with E-state index in [9.17, 15) is 4.79 Å². The number of fused-ring (bicyclic) bond motifs is 4. The number of ether oxygens (including phenoxy) is 1. The van der Waals surface area contributed by atoms with E-state index in [4.69, 9.17) is 17.0 Å². The van der Waals surface area contributed by atoms with Crippen molar-refractivity contribution in [2.75, 3.05) is 4.90 Å². The number of para-hydroxylation sites is 1. The SMILES string of the molecule is Cc1cccc(N2C(=S)N(C(=O)c3cccs3)C3CC2(C)Oc2ccccc23)c1. The molecule has 2 atom stereocenters. The maximum Gasteiger partial charge on any atom is 0.270 e. The number of nitrogens with zero attached hydrogens (tertiary/aromatic N) is 2. The van der Waals surface area contributed by atoms with Crippen molar-refractivity contribution in [3.8, 4) is 5.75 Å². The van der Waals surface area contributed by atoms with Crippen LogP contribution in [0.5, 0.6) is 5.75 Å². The smallest absolute Gasteiger partial charge is 0.270 e. The lowest BCUT2D eigenvalue weighted by Gasteiger charge is -2.55. The van der Waals surface area contributed by atoms with Crippen LogP contribution in [0.4, 0.5) is 5.69 Å². The summed E-state index contributed by atoms with van der Waals surface area (Å²) in [5, 5.41) is 2.39. The molecule has 6 heteroatoms. The summed E-state index contributed by atoms with van der Waals surface area (Å²) in [7, 11) is 0. The average molecular weight is 421 g/mol. The van der Waals surface area contributed by atoms with Gasteiger partial charge in [0.05, 0.1) is 10.9 Å². The summed E-state index contributed by atoms with van der Waals surface area (Å²) in [6.45, 7) is 4.10. The van der Waals surface area contributed by atoms with E-state index in [1.54, 1.807) is 4.90 Å². The number of thiocarbonyl (C=S) groups is 1. The highest BCUT2D eigenvalue weighted by atomic mass is 32.1. The Morgan fingerprint density at radius 1 is 1.17 bits per heavy atom. The fourth-order valence-electron chi connectivity index (χ4n) is 4.30. The van der Waals surface area contributed by atoms with Gasteiger partial charge in [0.1, 0.15) is 5.75 Å². The van der Waals surface area contributed by atoms with E-state index in [1.165, 1.54) is 11.3 Å². The summed E-state index contributed by atoms with van der Waals surface area (Å²) in [6, 6.07) is 19.7. The molecule has 0 saturated carbocycles. The molecule has 4 nitrogen and oxygen atoms in total. The number of benzene rings is 2. The molecule has 2 aliphatic heterocycles. The van der Waals surface area contributed by atoms with Crippen LogP contribution in [-0.4, -0.2) is 21.6 Å². The van der Waals surface area contributed by atoms with E-state index >= 15 is 0 Å². The van der Waals surface area contributed by atoms with Crippen molar-refractivity contribution in [2.45, 2.75) is 32.0 Å². The number of hydrogen-bond donors (Lipinski definition) is 0. The molecule has 1 aromatic heterocycles. The lowest BCUT2D eigenvalue weighted by atomic mass is 9.88. The van der Waals surface area contributed by atoms with Crippen LogP contribution in [-0.2, 0) is 0 Å². The predicted octanol–water partition coefficient (Wildman–Crippen LogP) is 5.54. The molecule has 0 spiro atoms. The second-order valence-electron chi connectivity index (χ2n) is 7.64. The summed E-state index contributed by atoms with van der Waals surface area (Å²) in [4.78, 5) is 18.0. The Labute approximate surface area is 179 Å². The highest BCUT2D eigenvalue weighted by molar-refractivity contribution is 7.80. The normalized spacial score (nSPS) is 22.8. The van der Waals surface area contributed by atoms with E-state index < -0.39 is 5.72 Å². The summed E-state index contributed by atoms with van der Waals surface area (Å²) in [6.07, 6.45) is 0.634. The topological polar surface area (TPSA) is 32.8 Å². The highest BCUT2D eigenvalue weighted by Crippen LogP contribution is 2.49. The fourth-order valence-corrected chi connectivity index (χ4v) is 5.47. The molecule has 29 heavy (non-hydrogen) atoms. The standard InChI is InChI=1S/C23H20N2O2S2/c1-15-7-5-8-16(13-15)25-22(28)24(21(26)20-11-6-12-29-20)18-14-23(25,2)27-19-10-4-3-9-17(18)19/h3-13,18H,14H2,1-2H3. The van der Waals surface area contributed by atoms with Gasteiger partial charge in [0.15, 0.2) is 10.8 Å². The second-order valence-corrected chi connectivity index (χ2v) is 8.96. The Kier molecular flexibility index (Phi) is 4.22. The van der Waals surface area contributed by atoms with E-state index in [-0.39, 0.29) is 11.9 Å². The number of hydrogen-bond acceptors (Lipinski definition) is 4. The number of amides is 1. The van der Waals surface area contributed by atoms with Crippen LogP contribution in [0.2, 0.25) is 0 Å². The molecule has 2 aliphatic rings. The predicted molar refractivity (Wildman–Crippen MR) is 120 cm³/mol. The largest absolute Gasteiger partial charge is 0.467 e. The minimum absolute atomic E-state index is 0.0635. The van der Waals surface area contributed by atoms with Gasteiger partial charge in [0.2, 0.25) is 0 Å². The summed E-state index contributed by atoms with van der Waals surface area (Å²) < 4.78 is 6.49. The molecule has 146 valence electrons. The van der Waals surface area contributed by atoms with Gasteiger partial charge in [0, 0.05) is 17.7 Å². The number of rotatable bonds is 2. The monoisotopic (exact) mass is 420 g/mol. The summed E-state index contributed by atoms with van der Waals surface area (Å²) in [5.74, 6) is 0.738. The molecule has 5 rings (SSSR count). The minimum atomic E-state index is -0.671. The van der Waals surface area contributed by atoms with Crippen LogP contribution in [0.25, 0.3) is 0 Å². The van der Waals surface area contributed by atoms with Crippen LogP contribution in [0.3, 0.4) is 0 Å². The van der Waals surface area contributed by atoms with Crippen molar-refractivity contribution in [3.05, 3.63) is 82.0 Å². The van der Waals surface area contributed by atoms with Crippen LogP contribution in [0, 0.1) is 6.92 Å². The Bertz CT molecular complexity index is 1110. The first-order chi connectivity index (χ1) is 14.0. The van der Waals surface area contributed by atoms with Crippen molar-refractivity contribution in [1.82, 2.24) is 4.90 Å².